The van der Waals surface area contributed by atoms with Gasteiger partial charge in [-0.1, -0.05) is 34.1 Å². The van der Waals surface area contributed by atoms with Crippen LogP contribution >= 0.6 is 0 Å². The number of urea groups is 1. The first-order valence-corrected chi connectivity index (χ1v) is 13.1. The zero-order valence-corrected chi connectivity index (χ0v) is 23.3. The number of hydrogen-bond acceptors (Lipinski definition) is 5. The van der Waals surface area contributed by atoms with E-state index in [2.05, 4.69) is 21.3 Å². The van der Waals surface area contributed by atoms with Crippen LogP contribution in [0.5, 0.6) is 0 Å². The van der Waals surface area contributed by atoms with Gasteiger partial charge in [0.25, 0.3) is 0 Å². The molecule has 0 aromatic rings. The Bertz CT molecular complexity index is 754. The Labute approximate surface area is 216 Å². The number of fused-ring (bicyclic) bond motifs is 1. The van der Waals surface area contributed by atoms with E-state index in [4.69, 9.17) is 5.11 Å². The zero-order valence-electron chi connectivity index (χ0n) is 23.3. The lowest BCUT2D eigenvalue weighted by Crippen LogP contribution is -2.58. The summed E-state index contributed by atoms with van der Waals surface area (Å²) in [5.41, 5.74) is -0.411. The normalized spacial score (nSPS) is 20.7. The molecular weight excluding hydrogens is 464 g/mol. The summed E-state index contributed by atoms with van der Waals surface area (Å²) in [6.07, 6.45) is 2.57. The van der Waals surface area contributed by atoms with Gasteiger partial charge in [0, 0.05) is 25.7 Å². The van der Waals surface area contributed by atoms with Crippen molar-refractivity contribution in [1.29, 1.82) is 0 Å². The molecule has 2 aliphatic heterocycles. The highest BCUT2D eigenvalue weighted by Gasteiger charge is 2.48. The average Bonchev–Trinajstić information content (AvgIpc) is 3.37. The standard InChI is InChI=1S/C20H37N5O3.C5H11NO2/c1-12(2)22-19(28)25-11-9-14-15(25)8-10-24(14)18(27)16(20(4,5)6)23-17(26)13(3)21-7;1-2-3-4-6-5(7)8/h12-16,21H,8-11H2,1-7H3,(H,22,28)(H,23,26);6H,2-4H2,1H3,(H,7,8)/t13-,14+,15+,16?;/m0./s1. The second-order valence-electron chi connectivity index (χ2n) is 10.9. The summed E-state index contributed by atoms with van der Waals surface area (Å²) in [6, 6.07) is -0.872. The van der Waals surface area contributed by atoms with Crippen LogP contribution in [0.1, 0.15) is 74.1 Å². The number of unbranched alkanes of at least 4 members (excludes halogenated alkanes) is 1. The maximum atomic E-state index is 13.4. The highest BCUT2D eigenvalue weighted by atomic mass is 16.4. The van der Waals surface area contributed by atoms with Gasteiger partial charge in [-0.3, -0.25) is 9.59 Å². The average molecular weight is 513 g/mol. The van der Waals surface area contributed by atoms with Gasteiger partial charge >= 0.3 is 12.1 Å². The minimum absolute atomic E-state index is 0.0221. The number of hydrogen-bond donors (Lipinski definition) is 5. The molecule has 1 unspecified atom stereocenters. The molecule has 2 aliphatic rings. The van der Waals surface area contributed by atoms with Crippen LogP contribution in [0, 0.1) is 5.41 Å². The monoisotopic (exact) mass is 512 g/mol. The molecule has 0 aliphatic carbocycles. The fourth-order valence-corrected chi connectivity index (χ4v) is 4.43. The summed E-state index contributed by atoms with van der Waals surface area (Å²) in [4.78, 5) is 51.8. The minimum Gasteiger partial charge on any atom is -0.465 e. The number of rotatable bonds is 8. The molecule has 0 aromatic carbocycles. The number of carbonyl (C=O) groups is 4. The van der Waals surface area contributed by atoms with Crippen molar-refractivity contribution in [2.75, 3.05) is 26.7 Å². The van der Waals surface area contributed by atoms with Gasteiger partial charge in [-0.15, -0.1) is 0 Å². The summed E-state index contributed by atoms with van der Waals surface area (Å²) in [6.45, 7) is 15.4. The molecule has 0 aromatic heterocycles. The number of carboxylic acid groups (broad SMARTS) is 1. The lowest BCUT2D eigenvalue weighted by atomic mass is 9.85. The highest BCUT2D eigenvalue weighted by molar-refractivity contribution is 5.90. The van der Waals surface area contributed by atoms with Crippen molar-refractivity contribution in [3.63, 3.8) is 0 Å². The van der Waals surface area contributed by atoms with Crippen molar-refractivity contribution in [2.24, 2.45) is 5.41 Å². The van der Waals surface area contributed by atoms with Gasteiger partial charge in [-0.05, 0) is 52.5 Å². The molecule has 2 saturated heterocycles. The molecule has 4 atom stereocenters. The van der Waals surface area contributed by atoms with E-state index in [-0.39, 0.29) is 42.0 Å². The topological polar surface area (TPSA) is 143 Å². The van der Waals surface area contributed by atoms with Crippen molar-refractivity contribution in [2.45, 2.75) is 104 Å². The van der Waals surface area contributed by atoms with Crippen LogP contribution in [-0.4, -0.2) is 95.7 Å². The van der Waals surface area contributed by atoms with Crippen LogP contribution in [0.25, 0.3) is 0 Å². The van der Waals surface area contributed by atoms with Gasteiger partial charge in [0.2, 0.25) is 11.8 Å². The van der Waals surface area contributed by atoms with E-state index in [1.54, 1.807) is 14.0 Å². The van der Waals surface area contributed by atoms with Gasteiger partial charge in [-0.2, -0.15) is 0 Å². The van der Waals surface area contributed by atoms with E-state index in [0.717, 1.165) is 25.7 Å². The fourth-order valence-electron chi connectivity index (χ4n) is 4.43. The van der Waals surface area contributed by atoms with Gasteiger partial charge in [0.1, 0.15) is 6.04 Å². The quantitative estimate of drug-likeness (QED) is 0.315. The number of likely N-dealkylation sites (tertiary alicyclic amines) is 2. The number of nitrogens with one attached hydrogen (secondary N) is 4. The van der Waals surface area contributed by atoms with E-state index in [0.29, 0.717) is 19.6 Å². The van der Waals surface area contributed by atoms with Crippen molar-refractivity contribution < 1.29 is 24.3 Å². The summed E-state index contributed by atoms with van der Waals surface area (Å²) >= 11 is 0. The first-order valence-electron chi connectivity index (χ1n) is 13.1. The third-order valence-electron chi connectivity index (χ3n) is 6.56. The SMILES string of the molecule is CCCCNC(=O)O.CN[C@@H](C)C(=O)NC(C(=O)N1CC[C@@H]2[C@H]1CCN2C(=O)NC(C)C)C(C)(C)C. The molecule has 11 heteroatoms. The second kappa shape index (κ2) is 14.2. The first-order chi connectivity index (χ1) is 16.7. The van der Waals surface area contributed by atoms with Gasteiger partial charge in [-0.25, -0.2) is 9.59 Å². The van der Waals surface area contributed by atoms with Crippen molar-refractivity contribution in [3.05, 3.63) is 0 Å². The maximum Gasteiger partial charge on any atom is 0.404 e. The molecule has 5 N–H and O–H groups in total. The Morgan fingerprint density at radius 1 is 0.972 bits per heavy atom. The predicted molar refractivity (Wildman–Crippen MR) is 140 cm³/mol. The Morgan fingerprint density at radius 2 is 1.53 bits per heavy atom. The van der Waals surface area contributed by atoms with Crippen LogP contribution in [0.3, 0.4) is 0 Å². The Hall–Kier alpha value is -2.56. The second-order valence-corrected chi connectivity index (χ2v) is 10.9. The van der Waals surface area contributed by atoms with Crippen LogP contribution in [0.2, 0.25) is 0 Å². The van der Waals surface area contributed by atoms with Crippen molar-refractivity contribution in [3.8, 4) is 0 Å². The fraction of sp³-hybridized carbons (Fsp3) is 0.840. The molecule has 11 nitrogen and oxygen atoms in total. The summed E-state index contributed by atoms with van der Waals surface area (Å²) < 4.78 is 0. The van der Waals surface area contributed by atoms with Crippen LogP contribution in [0.15, 0.2) is 0 Å². The number of carbonyl (C=O) groups excluding carboxylic acids is 3. The van der Waals surface area contributed by atoms with Gasteiger partial charge in [0.15, 0.2) is 0 Å². The molecule has 0 saturated carbocycles. The molecule has 0 radical (unpaired) electrons. The molecular formula is C25H48N6O5. The number of likely N-dealkylation sites (N-methyl/N-ethyl adjacent to an activating group) is 1. The van der Waals surface area contributed by atoms with Crippen LogP contribution in [0.4, 0.5) is 9.59 Å². The van der Waals surface area contributed by atoms with Crippen LogP contribution in [-0.2, 0) is 9.59 Å². The molecule has 2 heterocycles. The summed E-state index contributed by atoms with van der Waals surface area (Å²) in [5.74, 6) is -0.237. The van der Waals surface area contributed by atoms with Crippen LogP contribution < -0.4 is 21.3 Å². The Kier molecular flexibility index (Phi) is 12.5. The third kappa shape index (κ3) is 9.15. The Balaban J connectivity index is 0.000000697. The van der Waals surface area contributed by atoms with E-state index >= 15 is 0 Å². The zero-order chi connectivity index (χ0) is 27.6. The molecule has 2 fully saturated rings. The lowest BCUT2D eigenvalue weighted by Gasteiger charge is -2.36. The summed E-state index contributed by atoms with van der Waals surface area (Å²) in [5, 5.41) is 19.1. The van der Waals surface area contributed by atoms with Gasteiger partial charge in [0.05, 0.1) is 18.1 Å². The largest absolute Gasteiger partial charge is 0.465 e. The third-order valence-corrected chi connectivity index (χ3v) is 6.56. The highest BCUT2D eigenvalue weighted by Crippen LogP contribution is 2.34. The number of nitrogens with zero attached hydrogens (tertiary/aromatic N) is 2. The van der Waals surface area contributed by atoms with Crippen molar-refractivity contribution in [1.82, 2.24) is 31.1 Å². The lowest BCUT2D eigenvalue weighted by molar-refractivity contribution is -0.140. The van der Waals surface area contributed by atoms with E-state index in [1.165, 1.54) is 0 Å². The maximum absolute atomic E-state index is 13.4. The molecule has 2 rings (SSSR count). The van der Waals surface area contributed by atoms with E-state index in [1.807, 2.05) is 51.3 Å². The molecule has 36 heavy (non-hydrogen) atoms. The minimum atomic E-state index is -0.932. The Morgan fingerprint density at radius 3 is 2.00 bits per heavy atom. The van der Waals surface area contributed by atoms with E-state index in [9.17, 15) is 19.2 Å². The predicted octanol–water partition coefficient (Wildman–Crippen LogP) is 1.97. The smallest absolute Gasteiger partial charge is 0.404 e. The number of amides is 5. The molecule has 0 spiro atoms. The van der Waals surface area contributed by atoms with Crippen molar-refractivity contribution >= 4 is 23.9 Å². The summed E-state index contributed by atoms with van der Waals surface area (Å²) in [7, 11) is 1.72. The van der Waals surface area contributed by atoms with E-state index < -0.39 is 17.6 Å². The molecule has 5 amide bonds. The first kappa shape index (κ1) is 31.5. The molecule has 0 bridgehead atoms. The molecule has 208 valence electrons. The van der Waals surface area contributed by atoms with Gasteiger partial charge < -0.3 is 36.2 Å².